The van der Waals surface area contributed by atoms with Crippen molar-refractivity contribution in [3.05, 3.63) is 39.8 Å². The molecule has 0 radical (unpaired) electrons. The van der Waals surface area contributed by atoms with Crippen LogP contribution in [-0.4, -0.2) is 30.0 Å². The molecule has 0 amide bonds. The monoisotopic (exact) mass is 330 g/mol. The lowest BCUT2D eigenvalue weighted by molar-refractivity contribution is 0.00578. The van der Waals surface area contributed by atoms with E-state index < -0.39 is 35.0 Å². The van der Waals surface area contributed by atoms with Gasteiger partial charge in [0.15, 0.2) is 0 Å². The van der Waals surface area contributed by atoms with Gasteiger partial charge in [0.25, 0.3) is 0 Å². The highest BCUT2D eigenvalue weighted by molar-refractivity contribution is 6.55. The Morgan fingerprint density at radius 2 is 1.64 bits per heavy atom. The van der Waals surface area contributed by atoms with Gasteiger partial charge in [0.05, 0.1) is 17.8 Å². The van der Waals surface area contributed by atoms with Crippen LogP contribution in [0.5, 0.6) is 0 Å². The normalized spacial score (nSPS) is 20.5. The molecule has 1 heterocycles. The molecule has 0 saturated carbocycles. The van der Waals surface area contributed by atoms with Gasteiger partial charge in [0, 0.05) is 0 Å². The molecule has 1 aliphatic rings. The zero-order chi connectivity index (χ0) is 16.7. The van der Waals surface area contributed by atoms with Crippen LogP contribution >= 0.6 is 11.6 Å². The minimum Gasteiger partial charge on any atom is -0.400 e. The minimum absolute atomic E-state index is 0.234. The van der Waals surface area contributed by atoms with Crippen molar-refractivity contribution in [3.8, 4) is 0 Å². The van der Waals surface area contributed by atoms with Crippen LogP contribution in [0.15, 0.2) is 17.6 Å². The number of aliphatic hydroxyl groups excluding tert-OH is 1. The van der Waals surface area contributed by atoms with Gasteiger partial charge in [-0.2, -0.15) is 0 Å². The molecular formula is C15H18BClF2O3. The fourth-order valence-electron chi connectivity index (χ4n) is 2.06. The summed E-state index contributed by atoms with van der Waals surface area (Å²) in [5, 5.41) is 8.98. The van der Waals surface area contributed by atoms with Crippen molar-refractivity contribution in [3.63, 3.8) is 0 Å². The lowest BCUT2D eigenvalue weighted by atomic mass is 9.77. The van der Waals surface area contributed by atoms with Crippen molar-refractivity contribution in [2.24, 2.45) is 0 Å². The second-order valence-electron chi connectivity index (χ2n) is 6.26. The highest BCUT2D eigenvalue weighted by Gasteiger charge is 2.52. The van der Waals surface area contributed by atoms with Crippen LogP contribution in [-0.2, 0) is 9.31 Å². The molecule has 22 heavy (non-hydrogen) atoms. The van der Waals surface area contributed by atoms with E-state index in [1.165, 1.54) is 6.08 Å². The molecule has 7 heteroatoms. The van der Waals surface area contributed by atoms with Crippen LogP contribution in [0.4, 0.5) is 8.78 Å². The van der Waals surface area contributed by atoms with Crippen LogP contribution in [0, 0.1) is 11.6 Å². The summed E-state index contributed by atoms with van der Waals surface area (Å²) < 4.78 is 38.6. The molecule has 1 aromatic carbocycles. The molecule has 0 unspecified atom stereocenters. The first kappa shape index (κ1) is 17.4. The largest absolute Gasteiger partial charge is 0.492 e. The van der Waals surface area contributed by atoms with Gasteiger partial charge >= 0.3 is 7.12 Å². The van der Waals surface area contributed by atoms with E-state index in [9.17, 15) is 13.9 Å². The molecule has 1 N–H and O–H groups in total. The summed E-state index contributed by atoms with van der Waals surface area (Å²) in [4.78, 5) is 0. The van der Waals surface area contributed by atoms with Crippen LogP contribution in [0.25, 0.3) is 6.08 Å². The second-order valence-corrected chi connectivity index (χ2v) is 6.64. The predicted molar refractivity (Wildman–Crippen MR) is 82.5 cm³/mol. The molecule has 3 nitrogen and oxygen atoms in total. The molecular weight excluding hydrogens is 312 g/mol. The van der Waals surface area contributed by atoms with Crippen molar-refractivity contribution in [1.29, 1.82) is 0 Å². The molecule has 1 aromatic rings. The highest BCUT2D eigenvalue weighted by Crippen LogP contribution is 2.38. The summed E-state index contributed by atoms with van der Waals surface area (Å²) in [6.45, 7) is 7.16. The smallest absolute Gasteiger partial charge is 0.400 e. The van der Waals surface area contributed by atoms with Gasteiger partial charge in [-0.3, -0.25) is 0 Å². The second kappa shape index (κ2) is 5.93. The third-order valence-corrected chi connectivity index (χ3v) is 4.46. The summed E-state index contributed by atoms with van der Waals surface area (Å²) in [6, 6.07) is 2.18. The van der Waals surface area contributed by atoms with Gasteiger partial charge in [-0.1, -0.05) is 17.7 Å². The molecule has 0 aliphatic carbocycles. The Bertz CT molecular complexity index is 578. The van der Waals surface area contributed by atoms with E-state index in [2.05, 4.69) is 0 Å². The Labute approximate surface area is 134 Å². The molecule has 1 saturated heterocycles. The number of hydrogen-bond donors (Lipinski definition) is 1. The summed E-state index contributed by atoms with van der Waals surface area (Å²) in [7, 11) is -0.781. The van der Waals surface area contributed by atoms with E-state index in [1.807, 2.05) is 27.7 Å². The number of aliphatic hydroxyl groups is 1. The standard InChI is InChI=1S/C15H18BClF2O3/c1-14(2)15(3,4)22-16(21-14)10(8-20)5-9-6-11(18)13(17)12(19)7-9/h5-7,20H,8H2,1-4H3. The van der Waals surface area contributed by atoms with E-state index in [0.29, 0.717) is 5.47 Å². The van der Waals surface area contributed by atoms with Crippen molar-refractivity contribution in [2.45, 2.75) is 38.9 Å². The average molecular weight is 331 g/mol. The number of rotatable bonds is 3. The van der Waals surface area contributed by atoms with Gasteiger partial charge in [0.1, 0.15) is 16.7 Å². The summed E-state index contributed by atoms with van der Waals surface area (Å²) in [6.07, 6.45) is 1.44. The third kappa shape index (κ3) is 3.20. The zero-order valence-electron chi connectivity index (χ0n) is 12.9. The predicted octanol–water partition coefficient (Wildman–Crippen LogP) is 3.63. The van der Waals surface area contributed by atoms with Crippen LogP contribution < -0.4 is 0 Å². The van der Waals surface area contributed by atoms with Crippen molar-refractivity contribution < 1.29 is 23.2 Å². The van der Waals surface area contributed by atoms with Gasteiger partial charge in [-0.15, -0.1) is 0 Å². The quantitative estimate of drug-likeness (QED) is 0.679. The SMILES string of the molecule is CC1(C)OB(C(=Cc2cc(F)c(Cl)c(F)c2)CO)OC1(C)C. The molecule has 1 fully saturated rings. The third-order valence-electron chi connectivity index (χ3n) is 4.10. The van der Waals surface area contributed by atoms with Crippen LogP contribution in [0.1, 0.15) is 33.3 Å². The van der Waals surface area contributed by atoms with Crippen LogP contribution in [0.2, 0.25) is 5.02 Å². The Morgan fingerprint density at radius 3 is 2.05 bits per heavy atom. The van der Waals surface area contributed by atoms with Crippen LogP contribution in [0.3, 0.4) is 0 Å². The van der Waals surface area contributed by atoms with Crippen molar-refractivity contribution >= 4 is 24.8 Å². The first-order valence-corrected chi connectivity index (χ1v) is 7.27. The number of hydrogen-bond acceptors (Lipinski definition) is 3. The molecule has 1 aliphatic heterocycles. The van der Waals surface area contributed by atoms with Gasteiger partial charge in [-0.25, -0.2) is 8.78 Å². The lowest BCUT2D eigenvalue weighted by Gasteiger charge is -2.32. The van der Waals surface area contributed by atoms with Gasteiger partial charge < -0.3 is 14.4 Å². The van der Waals surface area contributed by atoms with E-state index in [4.69, 9.17) is 20.9 Å². The van der Waals surface area contributed by atoms with Gasteiger partial charge in [-0.05, 0) is 50.9 Å². The molecule has 0 aromatic heterocycles. The Balaban J connectivity index is 2.34. The number of benzene rings is 1. The molecule has 120 valence electrons. The summed E-state index contributed by atoms with van der Waals surface area (Å²) >= 11 is 5.45. The molecule has 2 rings (SSSR count). The summed E-state index contributed by atoms with van der Waals surface area (Å²) in [5.74, 6) is -1.72. The van der Waals surface area contributed by atoms with E-state index in [0.717, 1.165) is 12.1 Å². The fraction of sp³-hybridized carbons (Fsp3) is 0.467. The highest BCUT2D eigenvalue weighted by atomic mass is 35.5. The minimum atomic E-state index is -0.862. The lowest BCUT2D eigenvalue weighted by Crippen LogP contribution is -2.41. The van der Waals surface area contributed by atoms with Crippen molar-refractivity contribution in [2.75, 3.05) is 6.61 Å². The maximum absolute atomic E-state index is 13.5. The van der Waals surface area contributed by atoms with Gasteiger partial charge in [0.2, 0.25) is 0 Å². The topological polar surface area (TPSA) is 38.7 Å². The maximum Gasteiger partial charge on any atom is 0.492 e. The van der Waals surface area contributed by atoms with E-state index >= 15 is 0 Å². The first-order chi connectivity index (χ1) is 10.1. The molecule has 0 spiro atoms. The van der Waals surface area contributed by atoms with E-state index in [-0.39, 0.29) is 12.2 Å². The zero-order valence-corrected chi connectivity index (χ0v) is 13.7. The summed E-state index contributed by atoms with van der Waals surface area (Å²) in [5.41, 5.74) is -0.525. The number of halogens is 3. The maximum atomic E-state index is 13.5. The first-order valence-electron chi connectivity index (χ1n) is 6.89. The molecule has 0 atom stereocenters. The Kier molecular flexibility index (Phi) is 4.69. The molecule has 0 bridgehead atoms. The van der Waals surface area contributed by atoms with Crippen molar-refractivity contribution in [1.82, 2.24) is 0 Å². The Hall–Kier alpha value is -0.945. The average Bonchev–Trinajstić information content (AvgIpc) is 2.61. The fourth-order valence-corrected chi connectivity index (χ4v) is 2.16. The Morgan fingerprint density at radius 1 is 1.18 bits per heavy atom. The van der Waals surface area contributed by atoms with E-state index in [1.54, 1.807) is 0 Å².